The zero-order valence-corrected chi connectivity index (χ0v) is 26.8. The fourth-order valence-corrected chi connectivity index (χ4v) is 6.98. The molecule has 4 heteroatoms. The van der Waals surface area contributed by atoms with Crippen LogP contribution >= 0.6 is 11.3 Å². The van der Waals surface area contributed by atoms with Crippen molar-refractivity contribution in [3.8, 4) is 67.5 Å². The van der Waals surface area contributed by atoms with E-state index in [0.717, 1.165) is 44.7 Å². The van der Waals surface area contributed by atoms with Crippen LogP contribution in [0.1, 0.15) is 9.60 Å². The summed E-state index contributed by atoms with van der Waals surface area (Å²) in [7, 11) is 0. The summed E-state index contributed by atoms with van der Waals surface area (Å²) in [6.07, 6.45) is 0. The van der Waals surface area contributed by atoms with Gasteiger partial charge in [0.15, 0.2) is 17.5 Å². The van der Waals surface area contributed by atoms with Gasteiger partial charge in [0.05, 0.1) is 9.60 Å². The van der Waals surface area contributed by atoms with E-state index in [1.54, 1.807) is 12.1 Å². The molecule has 0 atom stereocenters. The summed E-state index contributed by atoms with van der Waals surface area (Å²) in [6.45, 7) is 0. The molecule has 0 amide bonds. The molecule has 0 aliphatic carbocycles. The highest BCUT2D eigenvalue weighted by Crippen LogP contribution is 2.40. The Labute approximate surface area is 298 Å². The van der Waals surface area contributed by atoms with Crippen LogP contribution in [0.3, 0.4) is 0 Å². The van der Waals surface area contributed by atoms with E-state index in [4.69, 9.17) is 24.5 Å². The van der Waals surface area contributed by atoms with Crippen molar-refractivity contribution in [1.82, 2.24) is 15.0 Å². The van der Waals surface area contributed by atoms with Crippen molar-refractivity contribution in [3.05, 3.63) is 176 Å². The molecule has 0 bridgehead atoms. The molecule has 0 radical (unpaired) electrons. The molecule has 0 N–H and O–H groups in total. The molecule has 0 saturated heterocycles. The van der Waals surface area contributed by atoms with Gasteiger partial charge in [-0.05, 0) is 45.5 Å². The third-order valence-electron chi connectivity index (χ3n) is 8.52. The Hall–Kier alpha value is -6.23. The van der Waals surface area contributed by atoms with E-state index in [2.05, 4.69) is 24.3 Å². The number of rotatable bonds is 6. The van der Waals surface area contributed by atoms with Crippen LogP contribution in [0.15, 0.2) is 176 Å². The Morgan fingerprint density at radius 1 is 0.367 bits per heavy atom. The van der Waals surface area contributed by atoms with Gasteiger partial charge < -0.3 is 0 Å². The summed E-state index contributed by atoms with van der Waals surface area (Å²) in [4.78, 5) is 14.8. The number of nitrogens with zero attached hydrogens (tertiary/aromatic N) is 3. The summed E-state index contributed by atoms with van der Waals surface area (Å²) in [5.41, 5.74) is 7.57. The number of hydrogen-bond donors (Lipinski definition) is 0. The lowest BCUT2D eigenvalue weighted by Crippen LogP contribution is -2.00. The van der Waals surface area contributed by atoms with Crippen molar-refractivity contribution in [2.45, 2.75) is 0 Å². The van der Waals surface area contributed by atoms with Gasteiger partial charge in [0.25, 0.3) is 0 Å². The zero-order valence-electron chi connectivity index (χ0n) is 33.0. The summed E-state index contributed by atoms with van der Waals surface area (Å²) in [5, 5.41) is 0.624. The van der Waals surface area contributed by atoms with Crippen molar-refractivity contribution >= 4 is 31.5 Å². The van der Waals surface area contributed by atoms with Gasteiger partial charge >= 0.3 is 0 Å². The molecule has 0 aliphatic rings. The first-order chi connectivity index (χ1) is 27.2. The number of fused-ring (bicyclic) bond motifs is 3. The van der Waals surface area contributed by atoms with Gasteiger partial charge in [0.2, 0.25) is 0 Å². The Bertz CT molecular complexity index is 2850. The Morgan fingerprint density at radius 2 is 0.776 bits per heavy atom. The molecular weight excluding hydrogens is 615 g/mol. The van der Waals surface area contributed by atoms with E-state index >= 15 is 0 Å². The molecule has 2 aromatic heterocycles. The molecule has 3 nitrogen and oxygen atoms in total. The maximum absolute atomic E-state index is 8.97. The van der Waals surface area contributed by atoms with Gasteiger partial charge in [-0.25, -0.2) is 15.0 Å². The second kappa shape index (κ2) is 12.4. The lowest BCUT2D eigenvalue weighted by Gasteiger charge is -2.11. The lowest BCUT2D eigenvalue weighted by atomic mass is 9.98. The monoisotopic (exact) mass is 650 g/mol. The molecule has 7 aromatic carbocycles. The van der Waals surface area contributed by atoms with E-state index < -0.39 is 0 Å². The van der Waals surface area contributed by atoms with Crippen molar-refractivity contribution in [1.29, 1.82) is 0 Å². The molecule has 230 valence electrons. The Balaban J connectivity index is 1.17. The first kappa shape index (κ1) is 22.4. The SMILES string of the molecule is [2H]c1c([2H])c([2H])c2c(sc3c([2H])c([2H])c([2H])c(-c4ccc(-c5nc(-c6ccc(-c7ccccc7)cc6)nc(-c6ccc(-c7ccccc7)cc6)n5)cc4)c32)c1[2H]. The Morgan fingerprint density at radius 3 is 1.29 bits per heavy atom. The highest BCUT2D eigenvalue weighted by molar-refractivity contribution is 7.25. The summed E-state index contributed by atoms with van der Waals surface area (Å²) < 4.78 is 60.7. The van der Waals surface area contributed by atoms with Crippen LogP contribution in [0, 0.1) is 0 Å². The van der Waals surface area contributed by atoms with Crippen LogP contribution in [0.5, 0.6) is 0 Å². The molecule has 9 rings (SSSR count). The van der Waals surface area contributed by atoms with Crippen LogP contribution < -0.4 is 0 Å². The zero-order chi connectivity index (χ0) is 38.7. The molecule has 0 spiro atoms. The molecule has 9 aromatic rings. The molecule has 2 heterocycles. The first-order valence-electron chi connectivity index (χ1n) is 19.3. The van der Waals surface area contributed by atoms with Crippen molar-refractivity contribution in [2.24, 2.45) is 0 Å². The normalized spacial score (nSPS) is 13.3. The molecule has 0 aliphatic heterocycles. The quantitative estimate of drug-likeness (QED) is 0.180. The maximum Gasteiger partial charge on any atom is 0.164 e. The van der Waals surface area contributed by atoms with E-state index in [1.807, 2.05) is 97.1 Å². The third kappa shape index (κ3) is 5.58. The smallest absolute Gasteiger partial charge is 0.164 e. The van der Waals surface area contributed by atoms with E-state index in [0.29, 0.717) is 48.9 Å². The van der Waals surface area contributed by atoms with E-state index in [9.17, 15) is 0 Å². The van der Waals surface area contributed by atoms with Gasteiger partial charge in [-0.15, -0.1) is 11.3 Å². The van der Waals surface area contributed by atoms with Gasteiger partial charge in [0.1, 0.15) is 0 Å². The summed E-state index contributed by atoms with van der Waals surface area (Å²) >= 11 is 1.05. The summed E-state index contributed by atoms with van der Waals surface area (Å²) in [5.74, 6) is 1.43. The minimum absolute atomic E-state index is 0.178. The Kier molecular flexibility index (Phi) is 5.67. The van der Waals surface area contributed by atoms with Gasteiger partial charge in [-0.1, -0.05) is 164 Å². The largest absolute Gasteiger partial charge is 0.208 e. The second-order valence-corrected chi connectivity index (χ2v) is 12.6. The fourth-order valence-electron chi connectivity index (χ4n) is 6.01. The maximum atomic E-state index is 8.97. The van der Waals surface area contributed by atoms with Crippen LogP contribution in [0.25, 0.3) is 87.7 Å². The predicted octanol–water partition coefficient (Wildman–Crippen LogP) is 12.2. The number of thiophene rings is 1. The predicted molar refractivity (Wildman–Crippen MR) is 205 cm³/mol. The topological polar surface area (TPSA) is 38.7 Å². The van der Waals surface area contributed by atoms with Crippen molar-refractivity contribution in [2.75, 3.05) is 0 Å². The summed E-state index contributed by atoms with van der Waals surface area (Å²) in [6, 6.07) is 41.9. The number of benzene rings is 7. The van der Waals surface area contributed by atoms with Gasteiger partial charge in [-0.3, -0.25) is 0 Å². The third-order valence-corrected chi connectivity index (χ3v) is 9.54. The molecular formula is C45H29N3S. The molecule has 49 heavy (non-hydrogen) atoms. The first-order valence-corrected chi connectivity index (χ1v) is 16.6. The average Bonchev–Trinajstić information content (AvgIpc) is 3.66. The highest BCUT2D eigenvalue weighted by atomic mass is 32.1. The number of aromatic nitrogens is 3. The standard InChI is InChI=1S/C45H29N3S/c1-3-10-30(11-4-1)32-18-24-35(25-19-32)43-46-44(36-26-20-33(21-27-36)31-12-5-2-6-13-31)48-45(47-43)37-28-22-34(23-29-37)38-15-9-17-41-42(38)39-14-7-8-16-40(39)49-41/h1-29H/i7D,8D,9D,14D,15D,16D,17D. The molecule has 0 saturated carbocycles. The van der Waals surface area contributed by atoms with Crippen LogP contribution in [-0.2, 0) is 0 Å². The minimum Gasteiger partial charge on any atom is -0.208 e. The average molecular weight is 651 g/mol. The minimum atomic E-state index is -0.387. The van der Waals surface area contributed by atoms with E-state index in [1.165, 1.54) is 0 Å². The fraction of sp³-hybridized carbons (Fsp3) is 0. The molecule has 0 fully saturated rings. The highest BCUT2D eigenvalue weighted by Gasteiger charge is 2.15. The van der Waals surface area contributed by atoms with Gasteiger partial charge in [-0.2, -0.15) is 0 Å². The van der Waals surface area contributed by atoms with Crippen molar-refractivity contribution in [3.63, 3.8) is 0 Å². The second-order valence-electron chi connectivity index (χ2n) is 11.5. The lowest BCUT2D eigenvalue weighted by molar-refractivity contribution is 1.07. The van der Waals surface area contributed by atoms with E-state index in [-0.39, 0.29) is 47.7 Å². The molecule has 0 unspecified atom stereocenters. The van der Waals surface area contributed by atoms with Gasteiger partial charge in [0, 0.05) is 36.9 Å². The van der Waals surface area contributed by atoms with Crippen LogP contribution in [0.4, 0.5) is 0 Å². The number of hydrogen-bond acceptors (Lipinski definition) is 4. The van der Waals surface area contributed by atoms with Crippen molar-refractivity contribution < 1.29 is 9.60 Å². The van der Waals surface area contributed by atoms with Crippen LogP contribution in [0.2, 0.25) is 0 Å². The van der Waals surface area contributed by atoms with Crippen LogP contribution in [-0.4, -0.2) is 15.0 Å².